The van der Waals surface area contributed by atoms with Crippen LogP contribution in [-0.4, -0.2) is 16.3 Å². The lowest BCUT2D eigenvalue weighted by Gasteiger charge is -2.17. The van der Waals surface area contributed by atoms with Gasteiger partial charge < -0.3 is 5.32 Å². The monoisotopic (exact) mass is 297 g/mol. The Kier molecular flexibility index (Phi) is 4.56. The Labute approximate surface area is 129 Å². The third-order valence-electron chi connectivity index (χ3n) is 2.84. The van der Waals surface area contributed by atoms with Crippen LogP contribution in [0.15, 0.2) is 59.6 Å². The molecule has 0 spiro atoms. The van der Waals surface area contributed by atoms with Gasteiger partial charge >= 0.3 is 0 Å². The van der Waals surface area contributed by atoms with Gasteiger partial charge in [0.2, 0.25) is 0 Å². The number of rotatable bonds is 3. The summed E-state index contributed by atoms with van der Waals surface area (Å²) in [7, 11) is 0. The van der Waals surface area contributed by atoms with Gasteiger partial charge in [-0.2, -0.15) is 0 Å². The van der Waals surface area contributed by atoms with E-state index in [1.807, 2.05) is 51.1 Å². The topological polar surface area (TPSA) is 67.5 Å². The first-order valence-electron chi connectivity index (χ1n) is 7.02. The molecule has 2 aromatic carbocycles. The number of nitrogens with one attached hydrogen (secondary N) is 1. The van der Waals surface area contributed by atoms with Gasteiger partial charge in [0.05, 0.1) is 16.0 Å². The summed E-state index contributed by atoms with van der Waals surface area (Å²) in [5.74, 6) is 0.492. The van der Waals surface area contributed by atoms with Crippen LogP contribution in [0.4, 0.5) is 11.4 Å². The van der Waals surface area contributed by atoms with Crippen molar-refractivity contribution in [2.45, 2.75) is 26.3 Å². The minimum absolute atomic E-state index is 0.0360. The van der Waals surface area contributed by atoms with Crippen LogP contribution in [0.25, 0.3) is 0 Å². The van der Waals surface area contributed by atoms with Crippen LogP contribution in [0.3, 0.4) is 0 Å². The molecule has 2 rings (SSSR count). The van der Waals surface area contributed by atoms with E-state index < -0.39 is 0 Å². The Hall–Kier alpha value is -2.69. The zero-order valence-corrected chi connectivity index (χ0v) is 12.9. The van der Waals surface area contributed by atoms with Crippen LogP contribution in [0.1, 0.15) is 26.3 Å². The first kappa shape index (κ1) is 15.7. The smallest absolute Gasteiger partial charge is 0.280 e. The van der Waals surface area contributed by atoms with Crippen LogP contribution in [0.5, 0.6) is 0 Å². The molecule has 0 amide bonds. The highest BCUT2D eigenvalue weighted by atomic mass is 16.6. The molecule has 0 fully saturated rings. The molecule has 5 heteroatoms. The zero-order valence-electron chi connectivity index (χ0n) is 12.9. The van der Waals surface area contributed by atoms with Crippen molar-refractivity contribution >= 4 is 17.2 Å². The Morgan fingerprint density at radius 1 is 1.05 bits per heavy atom. The lowest BCUT2D eigenvalue weighted by molar-refractivity contribution is -0.385. The first-order valence-corrected chi connectivity index (χ1v) is 7.02. The van der Waals surface area contributed by atoms with Crippen LogP contribution < -0.4 is 5.32 Å². The molecule has 0 saturated heterocycles. The second-order valence-electron chi connectivity index (χ2n) is 5.90. The van der Waals surface area contributed by atoms with Gasteiger partial charge in [0.25, 0.3) is 5.69 Å². The first-order chi connectivity index (χ1) is 10.4. The van der Waals surface area contributed by atoms with Gasteiger partial charge in [0, 0.05) is 11.8 Å². The van der Waals surface area contributed by atoms with Crippen molar-refractivity contribution in [2.75, 3.05) is 5.32 Å². The molecule has 0 unspecified atom stereocenters. The van der Waals surface area contributed by atoms with Crippen molar-refractivity contribution in [3.63, 3.8) is 0 Å². The summed E-state index contributed by atoms with van der Waals surface area (Å²) in [6.45, 7) is 5.86. The van der Waals surface area contributed by atoms with E-state index >= 15 is 0 Å². The van der Waals surface area contributed by atoms with Gasteiger partial charge in [-0.3, -0.25) is 15.1 Å². The van der Waals surface area contributed by atoms with E-state index in [2.05, 4.69) is 10.3 Å². The largest absolute Gasteiger partial charge is 0.340 e. The number of hydrogen-bond acceptors (Lipinski definition) is 3. The highest BCUT2D eigenvalue weighted by Gasteiger charge is 2.20. The number of hydrogen-bond donors (Lipinski definition) is 1. The number of aliphatic imine (C=N–C) groups is 1. The number of amidine groups is 1. The van der Waals surface area contributed by atoms with Gasteiger partial charge in [0.15, 0.2) is 0 Å². The number of nitro groups is 1. The predicted molar refractivity (Wildman–Crippen MR) is 89.5 cm³/mol. The molecule has 0 aromatic heterocycles. The molecule has 0 saturated carbocycles. The van der Waals surface area contributed by atoms with Gasteiger partial charge in [-0.15, -0.1) is 0 Å². The Morgan fingerprint density at radius 2 is 1.64 bits per heavy atom. The maximum absolute atomic E-state index is 11.3. The maximum atomic E-state index is 11.3. The number of para-hydroxylation sites is 2. The van der Waals surface area contributed by atoms with E-state index in [4.69, 9.17) is 0 Å². The maximum Gasteiger partial charge on any atom is 0.280 e. The van der Waals surface area contributed by atoms with E-state index in [1.54, 1.807) is 18.2 Å². The molecular formula is C17H19N3O2. The summed E-state index contributed by atoms with van der Waals surface area (Å²) in [5.41, 5.74) is 0.991. The molecule has 0 bridgehead atoms. The van der Waals surface area contributed by atoms with E-state index in [0.29, 0.717) is 11.4 Å². The fourth-order valence-corrected chi connectivity index (χ4v) is 1.98. The number of benzene rings is 2. The molecule has 0 heterocycles. The number of anilines is 1. The summed E-state index contributed by atoms with van der Waals surface area (Å²) in [6.07, 6.45) is 0. The molecule has 0 radical (unpaired) electrons. The van der Waals surface area contributed by atoms with Crippen molar-refractivity contribution in [1.29, 1.82) is 0 Å². The minimum Gasteiger partial charge on any atom is -0.340 e. The van der Waals surface area contributed by atoms with E-state index in [1.165, 1.54) is 6.07 Å². The summed E-state index contributed by atoms with van der Waals surface area (Å²) < 4.78 is 0. The Balaban J connectivity index is 2.51. The predicted octanol–water partition coefficient (Wildman–Crippen LogP) is 4.25. The molecule has 5 nitrogen and oxygen atoms in total. The molecule has 0 atom stereocenters. The van der Waals surface area contributed by atoms with Gasteiger partial charge in [-0.25, -0.2) is 0 Å². The third kappa shape index (κ3) is 4.15. The third-order valence-corrected chi connectivity index (χ3v) is 2.84. The summed E-state index contributed by atoms with van der Waals surface area (Å²) in [4.78, 5) is 15.5. The molecule has 1 N–H and O–H groups in total. The van der Waals surface area contributed by atoms with Crippen LogP contribution in [-0.2, 0) is 0 Å². The molecule has 0 aliphatic rings. The highest BCUT2D eigenvalue weighted by Crippen LogP contribution is 2.22. The molecule has 2 aromatic rings. The van der Waals surface area contributed by atoms with Crippen LogP contribution >= 0.6 is 0 Å². The molecular weight excluding hydrogens is 278 g/mol. The lowest BCUT2D eigenvalue weighted by Crippen LogP contribution is -2.22. The quantitative estimate of drug-likeness (QED) is 0.398. The molecule has 0 aliphatic heterocycles. The van der Waals surface area contributed by atoms with Crippen molar-refractivity contribution in [3.05, 3.63) is 70.3 Å². The average Bonchev–Trinajstić information content (AvgIpc) is 2.46. The molecule has 0 aliphatic carbocycles. The van der Waals surface area contributed by atoms with Crippen LogP contribution in [0.2, 0.25) is 0 Å². The zero-order chi connectivity index (χ0) is 16.2. The van der Waals surface area contributed by atoms with Gasteiger partial charge in [-0.1, -0.05) is 30.3 Å². The van der Waals surface area contributed by atoms with E-state index in [0.717, 1.165) is 5.69 Å². The number of nitro benzene ring substituents is 1. The summed E-state index contributed by atoms with van der Waals surface area (Å²) in [6, 6.07) is 16.1. The van der Waals surface area contributed by atoms with Crippen molar-refractivity contribution in [1.82, 2.24) is 0 Å². The SMILES string of the molecule is CC(C)(C)N=C(Nc1ccccc1)c1ccccc1[N+](=O)[O-]. The summed E-state index contributed by atoms with van der Waals surface area (Å²) in [5, 5.41) is 14.5. The van der Waals surface area contributed by atoms with Crippen molar-refractivity contribution in [2.24, 2.45) is 4.99 Å². The van der Waals surface area contributed by atoms with Crippen molar-refractivity contribution < 1.29 is 4.92 Å². The molecule has 22 heavy (non-hydrogen) atoms. The lowest BCUT2D eigenvalue weighted by atomic mass is 10.1. The van der Waals surface area contributed by atoms with Gasteiger partial charge in [-0.05, 0) is 39.0 Å². The van der Waals surface area contributed by atoms with Crippen molar-refractivity contribution in [3.8, 4) is 0 Å². The summed E-state index contributed by atoms with van der Waals surface area (Å²) >= 11 is 0. The Bertz CT molecular complexity index is 689. The molecule has 114 valence electrons. The fourth-order valence-electron chi connectivity index (χ4n) is 1.98. The minimum atomic E-state index is -0.389. The van der Waals surface area contributed by atoms with E-state index in [-0.39, 0.29) is 16.1 Å². The normalized spacial score (nSPS) is 12.0. The second kappa shape index (κ2) is 6.39. The second-order valence-corrected chi connectivity index (χ2v) is 5.90. The highest BCUT2D eigenvalue weighted by molar-refractivity contribution is 6.10. The Morgan fingerprint density at radius 3 is 2.23 bits per heavy atom. The van der Waals surface area contributed by atoms with Gasteiger partial charge in [0.1, 0.15) is 5.84 Å². The van der Waals surface area contributed by atoms with E-state index in [9.17, 15) is 10.1 Å². The van der Waals surface area contributed by atoms with Crippen LogP contribution in [0, 0.1) is 10.1 Å². The fraction of sp³-hybridized carbons (Fsp3) is 0.235. The average molecular weight is 297 g/mol. The number of nitrogens with zero attached hydrogens (tertiary/aromatic N) is 2. The standard InChI is InChI=1S/C17H19N3O2/c1-17(2,3)19-16(18-13-9-5-4-6-10-13)14-11-7-8-12-15(14)20(21)22/h4-12H,1-3H3,(H,18,19).